The monoisotopic (exact) mass is 492 g/mol. The third kappa shape index (κ3) is 4.88. The van der Waals surface area contributed by atoms with E-state index in [1.807, 2.05) is 0 Å². The molecule has 1 saturated heterocycles. The Morgan fingerprint density at radius 2 is 1.42 bits per heavy atom. The lowest BCUT2D eigenvalue weighted by atomic mass is 9.98. The molecule has 0 spiro atoms. The highest BCUT2D eigenvalue weighted by Gasteiger charge is 2.21. The summed E-state index contributed by atoms with van der Waals surface area (Å²) in [6.45, 7) is 4.04. The van der Waals surface area contributed by atoms with Crippen molar-refractivity contribution >= 4 is 27.4 Å². The number of ether oxygens (including phenoxy) is 1. The number of aromatic nitrogens is 2. The Morgan fingerprint density at radius 1 is 0.806 bits per heavy atom. The quantitative estimate of drug-likeness (QED) is 0.285. The van der Waals surface area contributed by atoms with Gasteiger partial charge in [0.1, 0.15) is 16.5 Å². The molecular weight excluding hydrogens is 464 g/mol. The number of thiophene rings is 1. The van der Waals surface area contributed by atoms with Gasteiger partial charge in [0.15, 0.2) is 0 Å². The molecule has 2 aromatic heterocycles. The van der Waals surface area contributed by atoms with Gasteiger partial charge in [0, 0.05) is 24.0 Å². The summed E-state index contributed by atoms with van der Waals surface area (Å²) in [5.74, 6) is 1.72. The van der Waals surface area contributed by atoms with Gasteiger partial charge in [0.2, 0.25) is 0 Å². The largest absolute Gasteiger partial charge is 0.379 e. The molecule has 5 nitrogen and oxygen atoms in total. The van der Waals surface area contributed by atoms with Gasteiger partial charge < -0.3 is 10.1 Å². The number of rotatable bonds is 7. The average molecular weight is 493 g/mol. The molecule has 3 heterocycles. The van der Waals surface area contributed by atoms with Crippen LogP contribution in [0.1, 0.15) is 23.0 Å². The van der Waals surface area contributed by atoms with Crippen LogP contribution >= 0.6 is 11.3 Å². The standard InChI is InChI=1S/C30H28N4OS/c1-4-10-22(11-5-1)25-21-36-30-27(25)29(31-26(32-30)20-34-16-18-35-19-17-34)33-28(23-12-6-2-7-13-23)24-14-8-3-9-15-24/h1-15,21,28H,16-20H2,(H,31,32,33). The van der Waals surface area contributed by atoms with E-state index < -0.39 is 0 Å². The predicted molar refractivity (Wildman–Crippen MR) is 147 cm³/mol. The molecule has 0 atom stereocenters. The summed E-state index contributed by atoms with van der Waals surface area (Å²) in [6.07, 6.45) is 0. The highest BCUT2D eigenvalue weighted by Crippen LogP contribution is 2.39. The van der Waals surface area contributed by atoms with Gasteiger partial charge in [0.05, 0.1) is 31.2 Å². The van der Waals surface area contributed by atoms with E-state index in [1.54, 1.807) is 11.3 Å². The smallest absolute Gasteiger partial charge is 0.146 e. The predicted octanol–water partition coefficient (Wildman–Crippen LogP) is 6.39. The minimum absolute atomic E-state index is 0.0368. The zero-order valence-electron chi connectivity index (χ0n) is 20.0. The Bertz CT molecular complexity index is 1380. The Kier molecular flexibility index (Phi) is 6.72. The van der Waals surface area contributed by atoms with Gasteiger partial charge in [-0.1, -0.05) is 91.0 Å². The number of fused-ring (bicyclic) bond motifs is 1. The SMILES string of the molecule is c1ccc(-c2csc3nc(CN4CCOCC4)nc(NC(c4ccccc4)c4ccccc4)c23)cc1. The van der Waals surface area contributed by atoms with E-state index in [0.29, 0.717) is 6.54 Å². The van der Waals surface area contributed by atoms with Crippen LogP contribution in [0.3, 0.4) is 0 Å². The number of benzene rings is 3. The molecule has 0 radical (unpaired) electrons. The van der Waals surface area contributed by atoms with Crippen LogP contribution < -0.4 is 5.32 Å². The fraction of sp³-hybridized carbons (Fsp3) is 0.200. The summed E-state index contributed by atoms with van der Waals surface area (Å²) in [4.78, 5) is 13.5. The Morgan fingerprint density at radius 3 is 2.06 bits per heavy atom. The molecule has 0 saturated carbocycles. The fourth-order valence-electron chi connectivity index (χ4n) is 4.74. The maximum absolute atomic E-state index is 5.54. The normalized spacial score (nSPS) is 14.4. The number of nitrogens with one attached hydrogen (secondary N) is 1. The third-order valence-corrected chi connectivity index (χ3v) is 7.45. The van der Waals surface area contributed by atoms with Crippen LogP contribution in [0.5, 0.6) is 0 Å². The fourth-order valence-corrected chi connectivity index (χ4v) is 5.70. The van der Waals surface area contributed by atoms with Crippen LogP contribution in [0, 0.1) is 0 Å². The summed E-state index contributed by atoms with van der Waals surface area (Å²) in [5.41, 5.74) is 4.73. The average Bonchev–Trinajstić information content (AvgIpc) is 3.38. The molecule has 0 bridgehead atoms. The van der Waals surface area contributed by atoms with Gasteiger partial charge >= 0.3 is 0 Å². The van der Waals surface area contributed by atoms with E-state index in [9.17, 15) is 0 Å². The number of nitrogens with zero attached hydrogens (tertiary/aromatic N) is 3. The molecule has 6 rings (SSSR count). The summed E-state index contributed by atoms with van der Waals surface area (Å²) >= 11 is 1.68. The van der Waals surface area contributed by atoms with Crippen molar-refractivity contribution in [3.05, 3.63) is 113 Å². The second-order valence-electron chi connectivity index (χ2n) is 8.97. The molecular formula is C30H28N4OS. The molecule has 1 fully saturated rings. The van der Waals surface area contributed by atoms with E-state index in [2.05, 4.69) is 107 Å². The maximum atomic E-state index is 5.54. The van der Waals surface area contributed by atoms with Crippen LogP contribution in [0.15, 0.2) is 96.4 Å². The second kappa shape index (κ2) is 10.6. The Hall–Kier alpha value is -3.58. The molecule has 180 valence electrons. The lowest BCUT2D eigenvalue weighted by molar-refractivity contribution is 0.0331. The van der Waals surface area contributed by atoms with Gasteiger partial charge in [-0.2, -0.15) is 0 Å². The summed E-state index contributed by atoms with van der Waals surface area (Å²) in [7, 11) is 0. The summed E-state index contributed by atoms with van der Waals surface area (Å²) < 4.78 is 5.54. The number of morpholine rings is 1. The van der Waals surface area contributed by atoms with E-state index in [0.717, 1.165) is 53.7 Å². The Labute approximate surface area is 215 Å². The van der Waals surface area contributed by atoms with Crippen molar-refractivity contribution in [3.63, 3.8) is 0 Å². The van der Waals surface area contributed by atoms with Crippen molar-refractivity contribution in [1.29, 1.82) is 0 Å². The highest BCUT2D eigenvalue weighted by molar-refractivity contribution is 7.17. The van der Waals surface area contributed by atoms with Crippen molar-refractivity contribution in [2.45, 2.75) is 12.6 Å². The molecule has 0 aliphatic carbocycles. The molecule has 6 heteroatoms. The zero-order valence-corrected chi connectivity index (χ0v) is 20.8. The van der Waals surface area contributed by atoms with Gasteiger partial charge in [0.25, 0.3) is 0 Å². The number of anilines is 1. The van der Waals surface area contributed by atoms with Crippen LogP contribution in [0.25, 0.3) is 21.3 Å². The second-order valence-corrected chi connectivity index (χ2v) is 9.83. The molecule has 0 unspecified atom stereocenters. The van der Waals surface area contributed by atoms with Crippen molar-refractivity contribution in [3.8, 4) is 11.1 Å². The van der Waals surface area contributed by atoms with Gasteiger partial charge in [-0.15, -0.1) is 11.3 Å². The van der Waals surface area contributed by atoms with Crippen molar-refractivity contribution in [2.75, 3.05) is 31.6 Å². The van der Waals surface area contributed by atoms with E-state index >= 15 is 0 Å². The van der Waals surface area contributed by atoms with Crippen LogP contribution in [0.2, 0.25) is 0 Å². The highest BCUT2D eigenvalue weighted by atomic mass is 32.1. The van der Waals surface area contributed by atoms with Crippen molar-refractivity contribution in [1.82, 2.24) is 14.9 Å². The Balaban J connectivity index is 1.47. The lowest BCUT2D eigenvalue weighted by Gasteiger charge is -2.26. The van der Waals surface area contributed by atoms with Crippen molar-refractivity contribution < 1.29 is 4.74 Å². The third-order valence-electron chi connectivity index (χ3n) is 6.58. The molecule has 0 amide bonds. The first-order valence-electron chi connectivity index (χ1n) is 12.4. The minimum Gasteiger partial charge on any atom is -0.379 e. The van der Waals surface area contributed by atoms with E-state index in [4.69, 9.17) is 14.7 Å². The summed E-state index contributed by atoms with van der Waals surface area (Å²) in [5, 5.41) is 7.13. The molecule has 3 aromatic carbocycles. The van der Waals surface area contributed by atoms with Crippen LogP contribution in [-0.4, -0.2) is 41.2 Å². The zero-order chi connectivity index (χ0) is 24.2. The first-order chi connectivity index (χ1) is 17.8. The van der Waals surface area contributed by atoms with Gasteiger partial charge in [-0.25, -0.2) is 9.97 Å². The minimum atomic E-state index is -0.0368. The molecule has 1 aliphatic heterocycles. The van der Waals surface area contributed by atoms with E-state index in [1.165, 1.54) is 16.7 Å². The number of hydrogen-bond donors (Lipinski definition) is 1. The molecule has 5 aromatic rings. The van der Waals surface area contributed by atoms with Crippen LogP contribution in [0.4, 0.5) is 5.82 Å². The lowest BCUT2D eigenvalue weighted by Crippen LogP contribution is -2.36. The molecule has 1 aliphatic rings. The van der Waals surface area contributed by atoms with Crippen molar-refractivity contribution in [2.24, 2.45) is 0 Å². The topological polar surface area (TPSA) is 50.3 Å². The van der Waals surface area contributed by atoms with E-state index in [-0.39, 0.29) is 6.04 Å². The maximum Gasteiger partial charge on any atom is 0.146 e. The first-order valence-corrected chi connectivity index (χ1v) is 13.2. The number of hydrogen-bond acceptors (Lipinski definition) is 6. The first kappa shape index (κ1) is 22.9. The molecule has 1 N–H and O–H groups in total. The van der Waals surface area contributed by atoms with Crippen LogP contribution in [-0.2, 0) is 11.3 Å². The van der Waals surface area contributed by atoms with Gasteiger partial charge in [-0.3, -0.25) is 4.90 Å². The summed E-state index contributed by atoms with van der Waals surface area (Å²) in [6, 6.07) is 31.6. The molecule has 36 heavy (non-hydrogen) atoms. The van der Waals surface area contributed by atoms with Gasteiger partial charge in [-0.05, 0) is 16.7 Å².